The van der Waals surface area contributed by atoms with Gasteiger partial charge in [0.2, 0.25) is 0 Å². The summed E-state index contributed by atoms with van der Waals surface area (Å²) in [6.07, 6.45) is 1.62. The second kappa shape index (κ2) is 6.79. The van der Waals surface area contributed by atoms with Crippen molar-refractivity contribution in [2.24, 2.45) is 5.73 Å². The van der Waals surface area contributed by atoms with Gasteiger partial charge in [0.1, 0.15) is 0 Å². The van der Waals surface area contributed by atoms with Crippen molar-refractivity contribution >= 4 is 17.6 Å². The predicted octanol–water partition coefficient (Wildman–Crippen LogP) is 1.46. The molecule has 2 rings (SSSR count). The Bertz CT molecular complexity index is 538. The SMILES string of the molecule is CCC(N)(CC)CNC(=O)c1ccc(N2CCNC2=O)cc1. The van der Waals surface area contributed by atoms with Gasteiger partial charge >= 0.3 is 6.03 Å². The van der Waals surface area contributed by atoms with E-state index in [1.54, 1.807) is 29.2 Å². The van der Waals surface area contributed by atoms with Crippen molar-refractivity contribution in [1.82, 2.24) is 10.6 Å². The highest BCUT2D eigenvalue weighted by Gasteiger charge is 2.22. The van der Waals surface area contributed by atoms with E-state index in [-0.39, 0.29) is 17.5 Å². The highest BCUT2D eigenvalue weighted by molar-refractivity contribution is 5.97. The molecule has 22 heavy (non-hydrogen) atoms. The number of amides is 3. The first kappa shape index (κ1) is 16.3. The third kappa shape index (κ3) is 3.57. The van der Waals surface area contributed by atoms with Crippen molar-refractivity contribution in [3.63, 3.8) is 0 Å². The van der Waals surface area contributed by atoms with Crippen LogP contribution in [0.25, 0.3) is 0 Å². The first-order valence-corrected chi connectivity index (χ1v) is 7.71. The second-order valence-corrected chi connectivity index (χ2v) is 5.68. The maximum atomic E-state index is 12.2. The van der Waals surface area contributed by atoms with E-state index in [1.165, 1.54) is 0 Å². The van der Waals surface area contributed by atoms with Crippen molar-refractivity contribution in [1.29, 1.82) is 0 Å². The molecule has 1 aromatic carbocycles. The van der Waals surface area contributed by atoms with E-state index in [4.69, 9.17) is 5.73 Å². The van der Waals surface area contributed by atoms with Crippen LogP contribution in [0.2, 0.25) is 0 Å². The van der Waals surface area contributed by atoms with Crippen molar-refractivity contribution in [3.05, 3.63) is 29.8 Å². The molecule has 1 fully saturated rings. The zero-order chi connectivity index (χ0) is 16.2. The maximum absolute atomic E-state index is 12.2. The van der Waals surface area contributed by atoms with Gasteiger partial charge in [-0.25, -0.2) is 4.79 Å². The summed E-state index contributed by atoms with van der Waals surface area (Å²) >= 11 is 0. The van der Waals surface area contributed by atoms with Gasteiger partial charge in [-0.05, 0) is 37.1 Å². The Hall–Kier alpha value is -2.08. The van der Waals surface area contributed by atoms with E-state index in [0.717, 1.165) is 18.5 Å². The first-order chi connectivity index (χ1) is 10.5. The highest BCUT2D eigenvalue weighted by atomic mass is 16.2. The molecule has 6 nitrogen and oxygen atoms in total. The van der Waals surface area contributed by atoms with Gasteiger partial charge in [0, 0.05) is 36.4 Å². The molecule has 0 bridgehead atoms. The van der Waals surface area contributed by atoms with Crippen molar-refractivity contribution < 1.29 is 9.59 Å². The Kier molecular flexibility index (Phi) is 5.03. The summed E-state index contributed by atoms with van der Waals surface area (Å²) in [4.78, 5) is 25.4. The number of nitrogens with two attached hydrogens (primary N) is 1. The molecule has 0 radical (unpaired) electrons. The average Bonchev–Trinajstić information content (AvgIpc) is 2.98. The Morgan fingerprint density at radius 2 is 1.95 bits per heavy atom. The number of carbonyl (C=O) groups excluding carboxylic acids is 2. The van der Waals surface area contributed by atoms with Crippen molar-refractivity contribution in [2.45, 2.75) is 32.2 Å². The van der Waals surface area contributed by atoms with Crippen molar-refractivity contribution in [2.75, 3.05) is 24.5 Å². The molecule has 0 saturated carbocycles. The van der Waals surface area contributed by atoms with Crippen LogP contribution in [0.5, 0.6) is 0 Å². The topological polar surface area (TPSA) is 87.5 Å². The van der Waals surface area contributed by atoms with Crippen LogP contribution in [-0.2, 0) is 0 Å². The fourth-order valence-corrected chi connectivity index (χ4v) is 2.37. The lowest BCUT2D eigenvalue weighted by molar-refractivity contribution is 0.0942. The van der Waals surface area contributed by atoms with Gasteiger partial charge in [-0.1, -0.05) is 13.8 Å². The average molecular weight is 304 g/mol. The molecule has 3 amide bonds. The molecule has 0 spiro atoms. The molecular formula is C16H24N4O2. The molecule has 1 saturated heterocycles. The number of nitrogens with zero attached hydrogens (tertiary/aromatic N) is 1. The lowest BCUT2D eigenvalue weighted by Gasteiger charge is -2.26. The van der Waals surface area contributed by atoms with Crippen molar-refractivity contribution in [3.8, 4) is 0 Å². The number of urea groups is 1. The summed E-state index contributed by atoms with van der Waals surface area (Å²) in [5.41, 5.74) is 7.18. The summed E-state index contributed by atoms with van der Waals surface area (Å²) in [5.74, 6) is -0.144. The van der Waals surface area contributed by atoms with Crippen LogP contribution >= 0.6 is 0 Å². The minimum atomic E-state index is -0.358. The van der Waals surface area contributed by atoms with E-state index in [0.29, 0.717) is 25.2 Å². The molecule has 0 unspecified atom stereocenters. The number of hydrogen-bond donors (Lipinski definition) is 3. The van der Waals surface area contributed by atoms with Gasteiger partial charge in [-0.15, -0.1) is 0 Å². The third-order valence-corrected chi connectivity index (χ3v) is 4.31. The van der Waals surface area contributed by atoms with Gasteiger partial charge in [0.05, 0.1) is 0 Å². The molecule has 4 N–H and O–H groups in total. The number of benzene rings is 1. The van der Waals surface area contributed by atoms with Gasteiger partial charge in [0.15, 0.2) is 0 Å². The molecule has 0 aromatic heterocycles. The summed E-state index contributed by atoms with van der Waals surface area (Å²) in [7, 11) is 0. The Morgan fingerprint density at radius 3 is 2.45 bits per heavy atom. The lowest BCUT2D eigenvalue weighted by Crippen LogP contribution is -2.49. The lowest BCUT2D eigenvalue weighted by atomic mass is 9.94. The molecule has 0 atom stereocenters. The van der Waals surface area contributed by atoms with Crippen LogP contribution in [-0.4, -0.2) is 37.1 Å². The molecule has 1 aromatic rings. The Labute approximate surface area is 131 Å². The molecular weight excluding hydrogens is 280 g/mol. The zero-order valence-electron chi connectivity index (χ0n) is 13.2. The van der Waals surface area contributed by atoms with E-state index in [2.05, 4.69) is 10.6 Å². The number of nitrogens with one attached hydrogen (secondary N) is 2. The van der Waals surface area contributed by atoms with Gasteiger partial charge in [-0.2, -0.15) is 0 Å². The molecule has 1 aliphatic rings. The van der Waals surface area contributed by atoms with E-state index in [1.807, 2.05) is 13.8 Å². The van der Waals surface area contributed by atoms with Crippen LogP contribution < -0.4 is 21.3 Å². The smallest absolute Gasteiger partial charge is 0.321 e. The molecule has 6 heteroatoms. The summed E-state index contributed by atoms with van der Waals surface area (Å²) in [6.45, 7) is 5.78. The maximum Gasteiger partial charge on any atom is 0.321 e. The first-order valence-electron chi connectivity index (χ1n) is 7.71. The molecule has 0 aliphatic carbocycles. The molecule has 1 heterocycles. The normalized spacial score (nSPS) is 14.9. The minimum Gasteiger partial charge on any atom is -0.350 e. The van der Waals surface area contributed by atoms with Crippen LogP contribution in [0.3, 0.4) is 0 Å². The fraction of sp³-hybridized carbons (Fsp3) is 0.500. The third-order valence-electron chi connectivity index (χ3n) is 4.31. The quantitative estimate of drug-likeness (QED) is 0.743. The number of carbonyl (C=O) groups is 2. The monoisotopic (exact) mass is 304 g/mol. The number of hydrogen-bond acceptors (Lipinski definition) is 3. The largest absolute Gasteiger partial charge is 0.350 e. The number of anilines is 1. The fourth-order valence-electron chi connectivity index (χ4n) is 2.37. The zero-order valence-corrected chi connectivity index (χ0v) is 13.2. The summed E-state index contributed by atoms with van der Waals surface area (Å²) in [5, 5.41) is 5.63. The summed E-state index contributed by atoms with van der Waals surface area (Å²) in [6, 6.07) is 6.93. The molecule has 1 aliphatic heterocycles. The van der Waals surface area contributed by atoms with Crippen LogP contribution in [0.1, 0.15) is 37.0 Å². The predicted molar refractivity (Wildman–Crippen MR) is 87.0 cm³/mol. The van der Waals surface area contributed by atoms with Gasteiger partial charge < -0.3 is 16.4 Å². The van der Waals surface area contributed by atoms with Crippen LogP contribution in [0, 0.1) is 0 Å². The highest BCUT2D eigenvalue weighted by Crippen LogP contribution is 2.17. The minimum absolute atomic E-state index is 0.101. The summed E-state index contributed by atoms with van der Waals surface area (Å²) < 4.78 is 0. The number of rotatable bonds is 6. The van der Waals surface area contributed by atoms with E-state index >= 15 is 0 Å². The van der Waals surface area contributed by atoms with Gasteiger partial charge in [0.25, 0.3) is 5.91 Å². The Balaban J connectivity index is 1.98. The van der Waals surface area contributed by atoms with Crippen LogP contribution in [0.4, 0.5) is 10.5 Å². The van der Waals surface area contributed by atoms with Gasteiger partial charge in [-0.3, -0.25) is 9.69 Å². The van der Waals surface area contributed by atoms with Crippen LogP contribution in [0.15, 0.2) is 24.3 Å². The Morgan fingerprint density at radius 1 is 1.32 bits per heavy atom. The van der Waals surface area contributed by atoms with E-state index in [9.17, 15) is 9.59 Å². The second-order valence-electron chi connectivity index (χ2n) is 5.68. The standard InChI is InChI=1S/C16H24N4O2/c1-3-16(17,4-2)11-19-14(21)12-5-7-13(8-6-12)20-10-9-18-15(20)22/h5-8H,3-4,9-11,17H2,1-2H3,(H,18,22)(H,19,21). The van der Waals surface area contributed by atoms with E-state index < -0.39 is 0 Å². The molecule has 120 valence electrons.